The van der Waals surface area contributed by atoms with Crippen molar-refractivity contribution in [1.82, 2.24) is 0 Å². The molecule has 1 aliphatic rings. The highest BCUT2D eigenvalue weighted by atomic mass is 35.5. The molecule has 0 aliphatic heterocycles. The zero-order valence-corrected chi connectivity index (χ0v) is 10.1. The van der Waals surface area contributed by atoms with E-state index in [4.69, 9.17) is 21.4 Å². The van der Waals surface area contributed by atoms with Gasteiger partial charge in [-0.3, -0.25) is 4.79 Å². The number of ether oxygens (including phenoxy) is 1. The number of aliphatic carboxylic acids is 1. The van der Waals surface area contributed by atoms with Gasteiger partial charge in [0.2, 0.25) is 0 Å². The number of halogens is 1. The molecule has 5 heteroatoms. The van der Waals surface area contributed by atoms with E-state index in [2.05, 4.69) is 0 Å². The fourth-order valence-electron chi connectivity index (χ4n) is 2.19. The van der Waals surface area contributed by atoms with E-state index in [9.17, 15) is 9.90 Å². The molecule has 1 aliphatic carbocycles. The number of benzene rings is 1. The smallest absolute Gasteiger partial charge is 0.306 e. The van der Waals surface area contributed by atoms with E-state index >= 15 is 0 Å². The number of methoxy groups -OCH3 is 1. The number of carboxylic acid groups (broad SMARTS) is 1. The largest absolute Gasteiger partial charge is 0.496 e. The summed E-state index contributed by atoms with van der Waals surface area (Å²) in [5, 5.41) is 19.7. The number of rotatable bonds is 3. The fourth-order valence-corrected chi connectivity index (χ4v) is 2.37. The highest BCUT2D eigenvalue weighted by molar-refractivity contribution is 6.30. The topological polar surface area (TPSA) is 66.8 Å². The van der Waals surface area contributed by atoms with Crippen LogP contribution in [0, 0.1) is 5.92 Å². The summed E-state index contributed by atoms with van der Waals surface area (Å²) in [6.07, 6.45) is 0.387. The zero-order chi connectivity index (χ0) is 12.6. The highest BCUT2D eigenvalue weighted by Gasteiger charge is 2.48. The Kier molecular flexibility index (Phi) is 3.02. The first-order valence-corrected chi connectivity index (χ1v) is 5.63. The van der Waals surface area contributed by atoms with Crippen LogP contribution in [0.1, 0.15) is 18.4 Å². The molecule has 4 nitrogen and oxygen atoms in total. The van der Waals surface area contributed by atoms with Crippen molar-refractivity contribution in [3.8, 4) is 5.75 Å². The maximum atomic E-state index is 10.8. The third kappa shape index (κ3) is 2.10. The minimum atomic E-state index is -1.14. The second kappa shape index (κ2) is 4.20. The minimum absolute atomic E-state index is 0.193. The maximum Gasteiger partial charge on any atom is 0.306 e. The standard InChI is InChI=1S/C12H13ClO4/c1-17-10-3-2-8(13)4-9(10)12(16)5-7(6-12)11(14)15/h2-4,7,16H,5-6H2,1H3,(H,14,15). The molecule has 0 amide bonds. The average Bonchev–Trinajstić information content (AvgIpc) is 2.24. The molecule has 0 spiro atoms. The lowest BCUT2D eigenvalue weighted by Crippen LogP contribution is -2.44. The van der Waals surface area contributed by atoms with Crippen LogP contribution in [-0.4, -0.2) is 23.3 Å². The maximum absolute atomic E-state index is 10.8. The lowest BCUT2D eigenvalue weighted by Gasteiger charge is -2.42. The molecule has 0 saturated heterocycles. The third-order valence-electron chi connectivity index (χ3n) is 3.18. The first-order chi connectivity index (χ1) is 7.96. The van der Waals surface area contributed by atoms with Crippen LogP contribution in [0.15, 0.2) is 18.2 Å². The van der Waals surface area contributed by atoms with Crippen molar-refractivity contribution >= 4 is 17.6 Å². The molecular weight excluding hydrogens is 244 g/mol. The van der Waals surface area contributed by atoms with Gasteiger partial charge in [0.15, 0.2) is 0 Å². The summed E-state index contributed by atoms with van der Waals surface area (Å²) in [6, 6.07) is 4.96. The van der Waals surface area contributed by atoms with Gasteiger partial charge in [0.1, 0.15) is 5.75 Å². The SMILES string of the molecule is COc1ccc(Cl)cc1C1(O)CC(C(=O)O)C1. The molecular formula is C12H13ClO4. The summed E-state index contributed by atoms with van der Waals surface area (Å²) in [4.78, 5) is 10.8. The Morgan fingerprint density at radius 2 is 2.18 bits per heavy atom. The minimum Gasteiger partial charge on any atom is -0.496 e. The Hall–Kier alpha value is -1.26. The van der Waals surface area contributed by atoms with Crippen LogP contribution in [0.4, 0.5) is 0 Å². The first-order valence-electron chi connectivity index (χ1n) is 5.25. The molecule has 1 aromatic carbocycles. The molecule has 1 fully saturated rings. The number of carbonyl (C=O) groups is 1. The van der Waals surface area contributed by atoms with Crippen LogP contribution in [0.5, 0.6) is 5.75 Å². The normalized spacial score (nSPS) is 27.4. The molecule has 0 unspecified atom stereocenters. The fraction of sp³-hybridized carbons (Fsp3) is 0.417. The van der Waals surface area contributed by atoms with Gasteiger partial charge in [-0.05, 0) is 31.0 Å². The lowest BCUT2D eigenvalue weighted by atomic mass is 9.67. The Morgan fingerprint density at radius 1 is 1.53 bits per heavy atom. The Balaban J connectivity index is 2.29. The molecule has 0 heterocycles. The molecule has 2 rings (SSSR count). The zero-order valence-electron chi connectivity index (χ0n) is 9.31. The van der Waals surface area contributed by atoms with Crippen molar-refractivity contribution in [1.29, 1.82) is 0 Å². The molecule has 1 aromatic rings. The molecule has 17 heavy (non-hydrogen) atoms. The van der Waals surface area contributed by atoms with Gasteiger partial charge in [-0.15, -0.1) is 0 Å². The predicted molar refractivity (Wildman–Crippen MR) is 62.3 cm³/mol. The lowest BCUT2D eigenvalue weighted by molar-refractivity contribution is -0.159. The van der Waals surface area contributed by atoms with Gasteiger partial charge in [-0.1, -0.05) is 11.6 Å². The summed E-state index contributed by atoms with van der Waals surface area (Å²) in [5.41, 5.74) is -0.579. The van der Waals surface area contributed by atoms with E-state index in [1.807, 2.05) is 0 Å². The van der Waals surface area contributed by atoms with Crippen molar-refractivity contribution in [2.45, 2.75) is 18.4 Å². The number of carboxylic acids is 1. The van der Waals surface area contributed by atoms with Crippen LogP contribution in [0.25, 0.3) is 0 Å². The van der Waals surface area contributed by atoms with E-state index < -0.39 is 17.5 Å². The van der Waals surface area contributed by atoms with Crippen LogP contribution < -0.4 is 4.74 Å². The summed E-state index contributed by atoms with van der Waals surface area (Å²) >= 11 is 5.88. The summed E-state index contributed by atoms with van der Waals surface area (Å²) in [5.74, 6) is -0.847. The van der Waals surface area contributed by atoms with E-state index in [1.54, 1.807) is 18.2 Å². The van der Waals surface area contributed by atoms with Crippen molar-refractivity contribution in [3.05, 3.63) is 28.8 Å². The van der Waals surface area contributed by atoms with Crippen molar-refractivity contribution in [3.63, 3.8) is 0 Å². The summed E-state index contributed by atoms with van der Waals surface area (Å²) in [7, 11) is 1.50. The molecule has 0 atom stereocenters. The second-order valence-corrected chi connectivity index (χ2v) is 4.76. The number of hydrogen-bond donors (Lipinski definition) is 2. The van der Waals surface area contributed by atoms with Crippen LogP contribution in [0.3, 0.4) is 0 Å². The van der Waals surface area contributed by atoms with E-state index in [-0.39, 0.29) is 12.8 Å². The molecule has 0 bridgehead atoms. The third-order valence-corrected chi connectivity index (χ3v) is 3.42. The first kappa shape index (κ1) is 12.2. The summed E-state index contributed by atoms with van der Waals surface area (Å²) < 4.78 is 5.15. The predicted octanol–water partition coefficient (Wildman–Crippen LogP) is 2.03. The number of hydrogen-bond acceptors (Lipinski definition) is 3. The van der Waals surface area contributed by atoms with Gasteiger partial charge in [-0.2, -0.15) is 0 Å². The van der Waals surface area contributed by atoms with E-state index in [0.29, 0.717) is 16.3 Å². The van der Waals surface area contributed by atoms with Gasteiger partial charge in [0, 0.05) is 10.6 Å². The Morgan fingerprint density at radius 3 is 2.71 bits per heavy atom. The van der Waals surface area contributed by atoms with Gasteiger partial charge in [0.05, 0.1) is 18.6 Å². The van der Waals surface area contributed by atoms with Crippen molar-refractivity contribution < 1.29 is 19.7 Å². The number of aliphatic hydroxyl groups is 1. The Bertz CT molecular complexity index is 452. The molecule has 2 N–H and O–H groups in total. The average molecular weight is 257 g/mol. The quantitative estimate of drug-likeness (QED) is 0.868. The summed E-state index contributed by atoms with van der Waals surface area (Å²) in [6.45, 7) is 0. The molecule has 0 aromatic heterocycles. The monoisotopic (exact) mass is 256 g/mol. The van der Waals surface area contributed by atoms with Gasteiger partial charge < -0.3 is 14.9 Å². The Labute approximate surface area is 104 Å². The highest BCUT2D eigenvalue weighted by Crippen LogP contribution is 2.49. The van der Waals surface area contributed by atoms with Gasteiger partial charge in [-0.25, -0.2) is 0 Å². The van der Waals surface area contributed by atoms with E-state index in [1.165, 1.54) is 7.11 Å². The van der Waals surface area contributed by atoms with Crippen molar-refractivity contribution in [2.24, 2.45) is 5.92 Å². The van der Waals surface area contributed by atoms with Gasteiger partial charge in [0.25, 0.3) is 0 Å². The van der Waals surface area contributed by atoms with Crippen LogP contribution in [-0.2, 0) is 10.4 Å². The van der Waals surface area contributed by atoms with Crippen molar-refractivity contribution in [2.75, 3.05) is 7.11 Å². The molecule has 1 saturated carbocycles. The second-order valence-electron chi connectivity index (χ2n) is 4.32. The van der Waals surface area contributed by atoms with E-state index in [0.717, 1.165) is 0 Å². The molecule has 92 valence electrons. The van der Waals surface area contributed by atoms with Crippen LogP contribution >= 0.6 is 11.6 Å². The van der Waals surface area contributed by atoms with Crippen LogP contribution in [0.2, 0.25) is 5.02 Å². The molecule has 0 radical (unpaired) electrons. The van der Waals surface area contributed by atoms with Gasteiger partial charge >= 0.3 is 5.97 Å².